The van der Waals surface area contributed by atoms with E-state index < -0.39 is 13.0 Å². The first-order valence-electron chi connectivity index (χ1n) is 5.68. The van der Waals surface area contributed by atoms with Crippen molar-refractivity contribution in [2.75, 3.05) is 24.6 Å². The molecule has 1 aromatic carbocycles. The molecule has 0 atom stereocenters. The second-order valence-electron chi connectivity index (χ2n) is 3.89. The number of anilines is 1. The molecule has 0 saturated heterocycles. The van der Waals surface area contributed by atoms with Gasteiger partial charge in [0.25, 0.3) is 6.43 Å². The third-order valence-corrected chi connectivity index (χ3v) is 2.75. The Labute approximate surface area is 113 Å². The van der Waals surface area contributed by atoms with Crippen LogP contribution in [-0.2, 0) is 0 Å². The van der Waals surface area contributed by atoms with Gasteiger partial charge < -0.3 is 10.0 Å². The van der Waals surface area contributed by atoms with Crippen molar-refractivity contribution in [3.63, 3.8) is 0 Å². The Balaban J connectivity index is 2.51. The number of aromatic nitrogens is 2. The van der Waals surface area contributed by atoms with E-state index in [1.165, 1.54) is 4.90 Å². The Morgan fingerprint density at radius 2 is 2.00 bits per heavy atom. The van der Waals surface area contributed by atoms with E-state index in [0.717, 1.165) is 0 Å². The number of benzene rings is 1. The highest BCUT2D eigenvalue weighted by Crippen LogP contribution is 2.25. The highest BCUT2D eigenvalue weighted by molar-refractivity contribution is 6.28. The minimum absolute atomic E-state index is 0.00842. The summed E-state index contributed by atoms with van der Waals surface area (Å²) in [5.74, 6) is 0.310. The maximum Gasteiger partial charge on any atom is 0.255 e. The number of para-hydroxylation sites is 1. The second kappa shape index (κ2) is 6.08. The first-order valence-corrected chi connectivity index (χ1v) is 6.06. The summed E-state index contributed by atoms with van der Waals surface area (Å²) in [7, 11) is 0. The number of rotatable bonds is 5. The van der Waals surface area contributed by atoms with Crippen LogP contribution in [0.3, 0.4) is 0 Å². The van der Waals surface area contributed by atoms with Crippen LogP contribution in [0.5, 0.6) is 0 Å². The quantitative estimate of drug-likeness (QED) is 0.858. The molecular weight excluding hydrogens is 276 g/mol. The predicted octanol–water partition coefficient (Wildman–Crippen LogP) is 2.35. The molecule has 2 rings (SSSR count). The average Bonchev–Trinajstić information content (AvgIpc) is 2.36. The van der Waals surface area contributed by atoms with E-state index in [2.05, 4.69) is 9.97 Å². The molecule has 0 spiro atoms. The molecule has 0 bridgehead atoms. The zero-order chi connectivity index (χ0) is 13.8. The third-order valence-electron chi connectivity index (χ3n) is 2.58. The Hall–Kier alpha value is -1.53. The van der Waals surface area contributed by atoms with Gasteiger partial charge in [-0.2, -0.15) is 4.98 Å². The molecule has 2 aromatic rings. The lowest BCUT2D eigenvalue weighted by Crippen LogP contribution is -2.32. The number of aliphatic hydroxyl groups is 1. The molecule has 19 heavy (non-hydrogen) atoms. The first-order chi connectivity index (χ1) is 9.11. The SMILES string of the molecule is OCCN(CC(F)F)c1nc(Cl)nc2ccccc12. The van der Waals surface area contributed by atoms with Crippen molar-refractivity contribution in [1.29, 1.82) is 0 Å². The molecule has 1 N–H and O–H groups in total. The van der Waals surface area contributed by atoms with E-state index in [9.17, 15) is 8.78 Å². The largest absolute Gasteiger partial charge is 0.395 e. The van der Waals surface area contributed by atoms with Crippen molar-refractivity contribution in [3.05, 3.63) is 29.5 Å². The molecule has 0 aliphatic rings. The molecule has 1 aromatic heterocycles. The van der Waals surface area contributed by atoms with Crippen molar-refractivity contribution < 1.29 is 13.9 Å². The standard InChI is InChI=1S/C12H12ClF2N3O/c13-12-16-9-4-2-1-3-8(9)11(17-12)18(5-6-19)7-10(14)15/h1-4,10,19H,5-7H2. The number of nitrogens with zero attached hydrogens (tertiary/aromatic N) is 3. The van der Waals surface area contributed by atoms with Crippen LogP contribution >= 0.6 is 11.6 Å². The molecule has 0 fully saturated rings. The maximum absolute atomic E-state index is 12.6. The molecule has 102 valence electrons. The summed E-state index contributed by atoms with van der Waals surface area (Å²) in [6, 6.07) is 7.00. The number of hydrogen-bond acceptors (Lipinski definition) is 4. The predicted molar refractivity (Wildman–Crippen MR) is 69.9 cm³/mol. The van der Waals surface area contributed by atoms with Crippen LogP contribution in [0, 0.1) is 0 Å². The zero-order valence-corrected chi connectivity index (χ0v) is 10.7. The number of alkyl halides is 2. The van der Waals surface area contributed by atoms with Gasteiger partial charge in [0.1, 0.15) is 5.82 Å². The fraction of sp³-hybridized carbons (Fsp3) is 0.333. The smallest absolute Gasteiger partial charge is 0.255 e. The zero-order valence-electron chi connectivity index (χ0n) is 9.93. The molecule has 1 heterocycles. The first kappa shape index (κ1) is 13.9. The highest BCUT2D eigenvalue weighted by Gasteiger charge is 2.17. The minimum Gasteiger partial charge on any atom is -0.395 e. The van der Waals surface area contributed by atoms with Crippen molar-refractivity contribution in [1.82, 2.24) is 9.97 Å². The summed E-state index contributed by atoms with van der Waals surface area (Å²) in [4.78, 5) is 9.35. The van der Waals surface area contributed by atoms with E-state index in [0.29, 0.717) is 16.7 Å². The lowest BCUT2D eigenvalue weighted by molar-refractivity contribution is 0.152. The second-order valence-corrected chi connectivity index (χ2v) is 4.23. The van der Waals surface area contributed by atoms with Crippen LogP contribution in [0.15, 0.2) is 24.3 Å². The van der Waals surface area contributed by atoms with Crippen molar-refractivity contribution >= 4 is 28.3 Å². The Kier molecular flexibility index (Phi) is 4.44. The van der Waals surface area contributed by atoms with E-state index in [1.807, 2.05) is 0 Å². The summed E-state index contributed by atoms with van der Waals surface area (Å²) in [5, 5.41) is 9.61. The molecular formula is C12H12ClF2N3O. The molecule has 0 aliphatic carbocycles. The lowest BCUT2D eigenvalue weighted by Gasteiger charge is -2.23. The maximum atomic E-state index is 12.6. The van der Waals surface area contributed by atoms with Crippen LogP contribution in [0.4, 0.5) is 14.6 Å². The molecule has 4 nitrogen and oxygen atoms in total. The third kappa shape index (κ3) is 3.27. The normalized spacial score (nSPS) is 11.2. The van der Waals surface area contributed by atoms with Crippen LogP contribution in [0.25, 0.3) is 10.9 Å². The van der Waals surface area contributed by atoms with E-state index in [4.69, 9.17) is 16.7 Å². The van der Waals surface area contributed by atoms with E-state index in [1.54, 1.807) is 24.3 Å². The Morgan fingerprint density at radius 1 is 1.26 bits per heavy atom. The van der Waals surface area contributed by atoms with Gasteiger partial charge in [-0.05, 0) is 23.7 Å². The molecule has 0 aliphatic heterocycles. The van der Waals surface area contributed by atoms with Gasteiger partial charge in [-0.1, -0.05) is 12.1 Å². The fourth-order valence-electron chi connectivity index (χ4n) is 1.84. The average molecular weight is 288 g/mol. The molecule has 7 heteroatoms. The minimum atomic E-state index is -2.53. The van der Waals surface area contributed by atoms with Crippen molar-refractivity contribution in [2.24, 2.45) is 0 Å². The lowest BCUT2D eigenvalue weighted by atomic mass is 10.2. The van der Waals surface area contributed by atoms with Crippen LogP contribution in [-0.4, -0.2) is 41.2 Å². The van der Waals surface area contributed by atoms with Gasteiger partial charge in [0, 0.05) is 11.9 Å². The summed E-state index contributed by atoms with van der Waals surface area (Å²) in [5.41, 5.74) is 0.578. The van der Waals surface area contributed by atoms with E-state index >= 15 is 0 Å². The van der Waals surface area contributed by atoms with Crippen LogP contribution < -0.4 is 4.90 Å². The Morgan fingerprint density at radius 3 is 2.68 bits per heavy atom. The van der Waals surface area contributed by atoms with Gasteiger partial charge in [-0.15, -0.1) is 0 Å². The van der Waals surface area contributed by atoms with Gasteiger partial charge >= 0.3 is 0 Å². The number of hydrogen-bond donors (Lipinski definition) is 1. The molecule has 0 unspecified atom stereocenters. The highest BCUT2D eigenvalue weighted by atomic mass is 35.5. The summed E-state index contributed by atoms with van der Waals surface area (Å²) >= 11 is 5.81. The topological polar surface area (TPSA) is 49.2 Å². The van der Waals surface area contributed by atoms with Crippen molar-refractivity contribution in [2.45, 2.75) is 6.43 Å². The van der Waals surface area contributed by atoms with Gasteiger partial charge in [0.2, 0.25) is 5.28 Å². The molecule has 0 saturated carbocycles. The van der Waals surface area contributed by atoms with Crippen molar-refractivity contribution in [3.8, 4) is 0 Å². The van der Waals surface area contributed by atoms with Gasteiger partial charge in [0.05, 0.1) is 18.7 Å². The summed E-state index contributed by atoms with van der Waals surface area (Å²) in [6.45, 7) is -0.706. The number of fused-ring (bicyclic) bond motifs is 1. The van der Waals surface area contributed by atoms with Crippen LogP contribution in [0.2, 0.25) is 5.28 Å². The monoisotopic (exact) mass is 287 g/mol. The molecule has 0 amide bonds. The van der Waals surface area contributed by atoms with Gasteiger partial charge in [-0.3, -0.25) is 0 Å². The van der Waals surface area contributed by atoms with E-state index in [-0.39, 0.29) is 18.4 Å². The summed E-state index contributed by atoms with van der Waals surface area (Å²) < 4.78 is 25.2. The van der Waals surface area contributed by atoms with Crippen LogP contribution in [0.1, 0.15) is 0 Å². The van der Waals surface area contributed by atoms with Gasteiger partial charge in [0.15, 0.2) is 0 Å². The number of halogens is 3. The molecule has 0 radical (unpaired) electrons. The van der Waals surface area contributed by atoms with Gasteiger partial charge in [-0.25, -0.2) is 13.8 Å². The number of aliphatic hydroxyl groups excluding tert-OH is 1. The summed E-state index contributed by atoms with van der Waals surface area (Å²) in [6.07, 6.45) is -2.53. The Bertz CT molecular complexity index is 568. The fourth-order valence-corrected chi connectivity index (χ4v) is 2.02.